The average molecular weight is 420 g/mol. The third kappa shape index (κ3) is 3.89. The molecular weight excluding hydrogens is 394 g/mol. The van der Waals surface area contributed by atoms with E-state index in [-0.39, 0.29) is 6.61 Å². The van der Waals surface area contributed by atoms with Crippen LogP contribution in [-0.2, 0) is 17.8 Å². The first-order chi connectivity index (χ1) is 13.7. The molecule has 1 fully saturated rings. The lowest BCUT2D eigenvalue weighted by molar-refractivity contribution is -0.0627. The maximum atomic E-state index is 11.0. The van der Waals surface area contributed by atoms with Crippen molar-refractivity contribution in [1.29, 1.82) is 0 Å². The van der Waals surface area contributed by atoms with E-state index >= 15 is 0 Å². The van der Waals surface area contributed by atoms with Gasteiger partial charge in [-0.3, -0.25) is 4.99 Å². The number of rotatable bonds is 6. The highest BCUT2D eigenvalue weighted by molar-refractivity contribution is 6.30. The molecule has 3 rings (SSSR count). The molecule has 2 aromatic rings. The van der Waals surface area contributed by atoms with Crippen LogP contribution in [0.1, 0.15) is 36.8 Å². The predicted octanol–water partition coefficient (Wildman–Crippen LogP) is 2.66. The highest BCUT2D eigenvalue weighted by atomic mass is 35.5. The fourth-order valence-electron chi connectivity index (χ4n) is 3.69. The molecule has 8 heteroatoms. The topological polar surface area (TPSA) is 99.6 Å². The quantitative estimate of drug-likeness (QED) is 0.627. The van der Waals surface area contributed by atoms with E-state index in [1.165, 1.54) is 0 Å². The number of benzene rings is 1. The molecule has 7 nitrogen and oxygen atoms in total. The Morgan fingerprint density at radius 2 is 2.07 bits per heavy atom. The molecule has 4 atom stereocenters. The van der Waals surface area contributed by atoms with E-state index in [0.29, 0.717) is 22.8 Å². The monoisotopic (exact) mass is 419 g/mol. The Morgan fingerprint density at radius 1 is 1.34 bits per heavy atom. The van der Waals surface area contributed by atoms with Gasteiger partial charge in [-0.25, -0.2) is 4.99 Å². The van der Waals surface area contributed by atoms with Gasteiger partial charge in [0.15, 0.2) is 6.23 Å². The second-order valence-electron chi connectivity index (χ2n) is 7.39. The molecule has 29 heavy (non-hydrogen) atoms. The van der Waals surface area contributed by atoms with Crippen LogP contribution in [0.5, 0.6) is 0 Å². The lowest BCUT2D eigenvalue weighted by Crippen LogP contribution is -2.45. The summed E-state index contributed by atoms with van der Waals surface area (Å²) in [5.41, 5.74) is 1.48. The molecule has 3 N–H and O–H groups in total. The number of aliphatic imine (C=N–C) groups is 2. The minimum absolute atomic E-state index is 0.183. The zero-order valence-electron chi connectivity index (χ0n) is 16.7. The van der Waals surface area contributed by atoms with Crippen molar-refractivity contribution < 1.29 is 20.1 Å². The van der Waals surface area contributed by atoms with Gasteiger partial charge in [-0.2, -0.15) is 0 Å². The van der Waals surface area contributed by atoms with Gasteiger partial charge < -0.3 is 24.6 Å². The van der Waals surface area contributed by atoms with Crippen molar-refractivity contribution >= 4 is 29.8 Å². The van der Waals surface area contributed by atoms with Crippen LogP contribution in [0, 0.1) is 0 Å². The van der Waals surface area contributed by atoms with Gasteiger partial charge in [-0.05, 0) is 49.9 Å². The molecule has 1 aromatic heterocycles. The summed E-state index contributed by atoms with van der Waals surface area (Å²) >= 11 is 6.01. The first-order valence-corrected chi connectivity index (χ1v) is 9.67. The van der Waals surface area contributed by atoms with Gasteiger partial charge in [-0.1, -0.05) is 17.7 Å². The molecule has 0 bridgehead atoms. The number of ether oxygens (including phenoxy) is 1. The van der Waals surface area contributed by atoms with Crippen molar-refractivity contribution in [2.24, 2.45) is 9.98 Å². The molecule has 0 amide bonds. The standard InChI is InChI=1S/C21H26ClN3O4/c1-12(23-3)16-7-8-25(19(16)24-4)20-18(27)21(2,28)17(29-20)10-13-5-6-15(22)9-14(13)11-26/h5-9,17-18,20,26-28H,4,10-11H2,1-3H3/b23-12-/t17-,18+,20-,21-/m1/s1. The number of aliphatic hydroxyl groups excluding tert-OH is 2. The lowest BCUT2D eigenvalue weighted by atomic mass is 9.89. The Labute approximate surface area is 175 Å². The Bertz CT molecular complexity index is 938. The SMILES string of the molecule is C=Nc1c(/C(C)=N\C)ccn1[C@@H]1O[C@H](Cc2ccc(Cl)cc2CO)[C@@](C)(O)[C@H]1O. The Balaban J connectivity index is 1.94. The molecule has 0 saturated carbocycles. The lowest BCUT2D eigenvalue weighted by Gasteiger charge is -2.27. The molecule has 0 aliphatic carbocycles. The van der Waals surface area contributed by atoms with Crippen LogP contribution in [0.2, 0.25) is 5.02 Å². The van der Waals surface area contributed by atoms with Crippen LogP contribution in [0.3, 0.4) is 0 Å². The highest BCUT2D eigenvalue weighted by Gasteiger charge is 2.53. The van der Waals surface area contributed by atoms with Crippen LogP contribution in [0.25, 0.3) is 0 Å². The molecule has 0 radical (unpaired) electrons. The van der Waals surface area contributed by atoms with Gasteiger partial charge in [0, 0.05) is 36.0 Å². The second-order valence-corrected chi connectivity index (χ2v) is 7.83. The summed E-state index contributed by atoms with van der Waals surface area (Å²) in [5, 5.41) is 32.0. The third-order valence-corrected chi connectivity index (χ3v) is 5.84. The smallest absolute Gasteiger partial charge is 0.164 e. The van der Waals surface area contributed by atoms with E-state index in [1.54, 1.807) is 42.9 Å². The Morgan fingerprint density at radius 3 is 2.69 bits per heavy atom. The van der Waals surface area contributed by atoms with Crippen LogP contribution >= 0.6 is 11.6 Å². The molecule has 156 valence electrons. The van der Waals surface area contributed by atoms with Gasteiger partial charge in [0.05, 0.1) is 12.7 Å². The van der Waals surface area contributed by atoms with E-state index in [1.807, 2.05) is 13.0 Å². The minimum Gasteiger partial charge on any atom is -0.392 e. The van der Waals surface area contributed by atoms with Crippen molar-refractivity contribution in [1.82, 2.24) is 4.57 Å². The van der Waals surface area contributed by atoms with Crippen molar-refractivity contribution in [2.45, 2.75) is 50.9 Å². The van der Waals surface area contributed by atoms with E-state index in [0.717, 1.165) is 16.8 Å². The number of nitrogens with zero attached hydrogens (tertiary/aromatic N) is 3. The number of aromatic nitrogens is 1. The third-order valence-electron chi connectivity index (χ3n) is 5.60. The van der Waals surface area contributed by atoms with Gasteiger partial charge in [0.2, 0.25) is 0 Å². The molecule has 1 aliphatic heterocycles. The number of halogens is 1. The van der Waals surface area contributed by atoms with Gasteiger partial charge in [0.25, 0.3) is 0 Å². The number of hydrogen-bond acceptors (Lipinski definition) is 6. The summed E-state index contributed by atoms with van der Waals surface area (Å²) in [4.78, 5) is 8.26. The molecule has 2 heterocycles. The first kappa shape index (κ1) is 21.7. The zero-order chi connectivity index (χ0) is 21.3. The van der Waals surface area contributed by atoms with Crippen LogP contribution in [0.4, 0.5) is 5.82 Å². The average Bonchev–Trinajstić information content (AvgIpc) is 3.22. The van der Waals surface area contributed by atoms with Crippen molar-refractivity contribution in [3.8, 4) is 0 Å². The molecule has 0 unspecified atom stereocenters. The molecule has 0 spiro atoms. The fourth-order valence-corrected chi connectivity index (χ4v) is 3.88. The van der Waals surface area contributed by atoms with E-state index in [2.05, 4.69) is 16.7 Å². The number of aliphatic hydroxyl groups is 3. The largest absolute Gasteiger partial charge is 0.392 e. The van der Waals surface area contributed by atoms with E-state index in [9.17, 15) is 15.3 Å². The van der Waals surface area contributed by atoms with Gasteiger partial charge >= 0.3 is 0 Å². The van der Waals surface area contributed by atoms with Crippen molar-refractivity contribution in [3.05, 3.63) is 52.2 Å². The summed E-state index contributed by atoms with van der Waals surface area (Å²) in [5.74, 6) is 0.510. The summed E-state index contributed by atoms with van der Waals surface area (Å²) < 4.78 is 7.76. The summed E-state index contributed by atoms with van der Waals surface area (Å²) in [6.45, 7) is 6.84. The zero-order valence-corrected chi connectivity index (χ0v) is 17.5. The van der Waals surface area contributed by atoms with Crippen molar-refractivity contribution in [3.63, 3.8) is 0 Å². The van der Waals surface area contributed by atoms with Crippen LogP contribution in [0.15, 0.2) is 40.4 Å². The minimum atomic E-state index is -1.52. The fraction of sp³-hybridized carbons (Fsp3) is 0.429. The molecule has 1 aliphatic rings. The highest BCUT2D eigenvalue weighted by Crippen LogP contribution is 2.41. The van der Waals surface area contributed by atoms with Crippen molar-refractivity contribution in [2.75, 3.05) is 7.05 Å². The Kier molecular flexibility index (Phi) is 6.26. The van der Waals surface area contributed by atoms with Crippen LogP contribution in [-0.4, -0.2) is 57.2 Å². The van der Waals surface area contributed by atoms with E-state index in [4.69, 9.17) is 16.3 Å². The maximum Gasteiger partial charge on any atom is 0.164 e. The molecule has 1 saturated heterocycles. The van der Waals surface area contributed by atoms with E-state index < -0.39 is 24.0 Å². The summed E-state index contributed by atoms with van der Waals surface area (Å²) in [6, 6.07) is 7.02. The van der Waals surface area contributed by atoms with Gasteiger partial charge in [0.1, 0.15) is 17.5 Å². The predicted molar refractivity (Wildman–Crippen MR) is 113 cm³/mol. The van der Waals surface area contributed by atoms with Crippen LogP contribution < -0.4 is 0 Å². The normalized spacial score (nSPS) is 27.4. The number of hydrogen-bond donors (Lipinski definition) is 3. The second kappa shape index (κ2) is 8.38. The first-order valence-electron chi connectivity index (χ1n) is 9.30. The molecule has 1 aromatic carbocycles. The van der Waals surface area contributed by atoms with Gasteiger partial charge in [-0.15, -0.1) is 0 Å². The summed E-state index contributed by atoms with van der Waals surface area (Å²) in [6.07, 6.45) is -0.718. The maximum absolute atomic E-state index is 11.0. The summed E-state index contributed by atoms with van der Waals surface area (Å²) in [7, 11) is 1.69. The Hall–Kier alpha value is -2.03. The molecular formula is C21H26ClN3O4.